The van der Waals surface area contributed by atoms with Gasteiger partial charge in [-0.3, -0.25) is 4.79 Å². The number of amides is 1. The van der Waals surface area contributed by atoms with E-state index in [1.54, 1.807) is 61.8 Å². The number of nitriles is 1. The Bertz CT molecular complexity index is 1340. The molecule has 0 radical (unpaired) electrons. The number of benzene rings is 2. The monoisotopic (exact) mass is 492 g/mol. The zero-order valence-corrected chi connectivity index (χ0v) is 19.9. The van der Waals surface area contributed by atoms with Crippen LogP contribution in [0.3, 0.4) is 0 Å². The number of ether oxygens (including phenoxy) is 2. The minimum absolute atomic E-state index is 0.0129. The fraction of sp³-hybridized carbons (Fsp3) is 0.240. The lowest BCUT2D eigenvalue weighted by molar-refractivity contribution is -0.120. The van der Waals surface area contributed by atoms with Crippen LogP contribution in [0.5, 0.6) is 17.4 Å². The number of nitrogens with zero attached hydrogens (tertiary/aromatic N) is 3. The number of aromatic nitrogens is 1. The Morgan fingerprint density at radius 3 is 2.43 bits per heavy atom. The zero-order valence-electron chi connectivity index (χ0n) is 19.0. The molecule has 1 aliphatic rings. The number of piperidine rings is 1. The van der Waals surface area contributed by atoms with Gasteiger partial charge in [0, 0.05) is 25.2 Å². The Morgan fingerprint density at radius 1 is 1.06 bits per heavy atom. The van der Waals surface area contributed by atoms with E-state index in [1.165, 1.54) is 16.4 Å². The Kier molecular flexibility index (Phi) is 7.29. The van der Waals surface area contributed by atoms with Crippen LogP contribution in [0.2, 0.25) is 0 Å². The van der Waals surface area contributed by atoms with E-state index in [2.05, 4.69) is 10.3 Å². The van der Waals surface area contributed by atoms with Crippen LogP contribution < -0.4 is 14.8 Å². The van der Waals surface area contributed by atoms with Crippen molar-refractivity contribution in [3.63, 3.8) is 0 Å². The number of hydrogen-bond acceptors (Lipinski definition) is 7. The van der Waals surface area contributed by atoms with E-state index < -0.39 is 10.0 Å². The molecule has 1 amide bonds. The summed E-state index contributed by atoms with van der Waals surface area (Å²) in [6.45, 7) is 0.366. The van der Waals surface area contributed by atoms with Gasteiger partial charge in [0.15, 0.2) is 0 Å². The van der Waals surface area contributed by atoms with Gasteiger partial charge in [0.2, 0.25) is 21.8 Å². The Labute approximate surface area is 204 Å². The standard InChI is InChI=1S/C25H24N4O5S/c1-33-20-8-10-21(11-9-20)34-25-22(6-4-14-27-25)28-24(30)18-12-15-29(16-13-18)35(31,32)23-7-3-2-5-19(23)17-26/h2-11,14,18H,12-13,15-16H2,1H3,(H,28,30). The number of carbonyl (C=O) groups is 1. The number of methoxy groups -OCH3 is 1. The molecule has 1 fully saturated rings. The number of sulfonamides is 1. The summed E-state index contributed by atoms with van der Waals surface area (Å²) in [6, 6.07) is 18.4. The highest BCUT2D eigenvalue weighted by Gasteiger charge is 2.33. The molecule has 35 heavy (non-hydrogen) atoms. The summed E-state index contributed by atoms with van der Waals surface area (Å²) in [6.07, 6.45) is 2.28. The maximum absolute atomic E-state index is 13.0. The molecule has 3 aromatic rings. The SMILES string of the molecule is COc1ccc(Oc2ncccc2NC(=O)C2CCN(S(=O)(=O)c3ccccc3C#N)CC2)cc1. The van der Waals surface area contributed by atoms with Crippen molar-refractivity contribution in [3.8, 4) is 23.4 Å². The molecule has 180 valence electrons. The molecule has 1 aromatic heterocycles. The van der Waals surface area contributed by atoms with E-state index in [-0.39, 0.29) is 41.3 Å². The number of carbonyl (C=O) groups excluding carboxylic acids is 1. The molecule has 0 saturated carbocycles. The molecule has 1 saturated heterocycles. The highest BCUT2D eigenvalue weighted by molar-refractivity contribution is 7.89. The summed E-state index contributed by atoms with van der Waals surface area (Å²) in [4.78, 5) is 17.2. The minimum Gasteiger partial charge on any atom is -0.497 e. The number of pyridine rings is 1. The van der Waals surface area contributed by atoms with Crippen molar-refractivity contribution < 1.29 is 22.7 Å². The summed E-state index contributed by atoms with van der Waals surface area (Å²) in [5.74, 6) is 0.875. The molecule has 2 heterocycles. The Balaban J connectivity index is 1.40. The third kappa shape index (κ3) is 5.42. The van der Waals surface area contributed by atoms with E-state index in [9.17, 15) is 18.5 Å². The van der Waals surface area contributed by atoms with Crippen LogP contribution in [-0.4, -0.2) is 43.8 Å². The Morgan fingerprint density at radius 2 is 1.74 bits per heavy atom. The first kappa shape index (κ1) is 24.2. The molecule has 1 N–H and O–H groups in total. The van der Waals surface area contributed by atoms with Gasteiger partial charge in [0.1, 0.15) is 23.3 Å². The van der Waals surface area contributed by atoms with Crippen molar-refractivity contribution in [3.05, 3.63) is 72.4 Å². The summed E-state index contributed by atoms with van der Waals surface area (Å²) in [5.41, 5.74) is 0.527. The Hall–Kier alpha value is -3.94. The van der Waals surface area contributed by atoms with Crippen LogP contribution in [0.15, 0.2) is 71.8 Å². The highest BCUT2D eigenvalue weighted by atomic mass is 32.2. The zero-order chi connectivity index (χ0) is 24.8. The van der Waals surface area contributed by atoms with E-state index in [4.69, 9.17) is 9.47 Å². The molecule has 2 aromatic carbocycles. The van der Waals surface area contributed by atoms with Gasteiger partial charge in [-0.05, 0) is 61.4 Å². The highest BCUT2D eigenvalue weighted by Crippen LogP contribution is 2.30. The average molecular weight is 493 g/mol. The molecule has 1 aliphatic heterocycles. The lowest BCUT2D eigenvalue weighted by atomic mass is 9.97. The van der Waals surface area contributed by atoms with Crippen molar-refractivity contribution in [2.24, 2.45) is 5.92 Å². The van der Waals surface area contributed by atoms with Gasteiger partial charge >= 0.3 is 0 Å². The van der Waals surface area contributed by atoms with Crippen molar-refractivity contribution in [2.45, 2.75) is 17.7 Å². The molecule has 0 unspecified atom stereocenters. The fourth-order valence-corrected chi connectivity index (χ4v) is 5.45. The van der Waals surface area contributed by atoms with Gasteiger partial charge in [0.25, 0.3) is 0 Å². The second-order valence-corrected chi connectivity index (χ2v) is 9.82. The summed E-state index contributed by atoms with van der Waals surface area (Å²) in [5, 5.41) is 12.1. The molecule has 4 rings (SSSR count). The van der Waals surface area contributed by atoms with Gasteiger partial charge in [-0.15, -0.1) is 0 Å². The minimum atomic E-state index is -3.82. The first-order valence-electron chi connectivity index (χ1n) is 11.0. The summed E-state index contributed by atoms with van der Waals surface area (Å²) < 4.78 is 38.4. The topological polar surface area (TPSA) is 122 Å². The molecular weight excluding hydrogens is 468 g/mol. The summed E-state index contributed by atoms with van der Waals surface area (Å²) >= 11 is 0. The number of anilines is 1. The first-order valence-corrected chi connectivity index (χ1v) is 12.4. The smallest absolute Gasteiger partial charge is 0.244 e. The first-order chi connectivity index (χ1) is 16.9. The average Bonchev–Trinajstić information content (AvgIpc) is 2.90. The normalized spacial score (nSPS) is 14.6. The van der Waals surface area contributed by atoms with Crippen LogP contribution in [0, 0.1) is 17.2 Å². The maximum atomic E-state index is 13.0. The van der Waals surface area contributed by atoms with Crippen LogP contribution in [0.1, 0.15) is 18.4 Å². The van der Waals surface area contributed by atoms with E-state index in [0.29, 0.717) is 30.0 Å². The van der Waals surface area contributed by atoms with Crippen LogP contribution >= 0.6 is 0 Å². The lowest BCUT2D eigenvalue weighted by Crippen LogP contribution is -2.41. The molecule has 0 atom stereocenters. The van der Waals surface area contributed by atoms with Crippen molar-refractivity contribution in [1.82, 2.24) is 9.29 Å². The lowest BCUT2D eigenvalue weighted by Gasteiger charge is -2.30. The van der Waals surface area contributed by atoms with Crippen LogP contribution in [-0.2, 0) is 14.8 Å². The van der Waals surface area contributed by atoms with Crippen molar-refractivity contribution in [1.29, 1.82) is 5.26 Å². The van der Waals surface area contributed by atoms with Gasteiger partial charge < -0.3 is 14.8 Å². The number of nitrogens with one attached hydrogen (secondary N) is 1. The molecule has 0 spiro atoms. The summed E-state index contributed by atoms with van der Waals surface area (Å²) in [7, 11) is -2.24. The predicted octanol–water partition coefficient (Wildman–Crippen LogP) is 3.79. The molecule has 0 aliphatic carbocycles. The van der Waals surface area contributed by atoms with Gasteiger partial charge in [-0.2, -0.15) is 9.57 Å². The van der Waals surface area contributed by atoms with E-state index in [1.807, 2.05) is 6.07 Å². The predicted molar refractivity (Wildman–Crippen MR) is 129 cm³/mol. The molecular formula is C25H24N4O5S. The van der Waals surface area contributed by atoms with E-state index in [0.717, 1.165) is 0 Å². The van der Waals surface area contributed by atoms with Crippen molar-refractivity contribution >= 4 is 21.6 Å². The van der Waals surface area contributed by atoms with Crippen LogP contribution in [0.25, 0.3) is 0 Å². The number of hydrogen-bond donors (Lipinski definition) is 1. The van der Waals surface area contributed by atoms with E-state index >= 15 is 0 Å². The second kappa shape index (κ2) is 10.5. The number of rotatable bonds is 7. The fourth-order valence-electron chi connectivity index (χ4n) is 3.84. The van der Waals surface area contributed by atoms with Crippen LogP contribution in [0.4, 0.5) is 5.69 Å². The third-order valence-corrected chi connectivity index (χ3v) is 7.71. The van der Waals surface area contributed by atoms with Gasteiger partial charge in [0.05, 0.1) is 17.6 Å². The molecule has 9 nitrogen and oxygen atoms in total. The second-order valence-electron chi connectivity index (χ2n) is 7.91. The maximum Gasteiger partial charge on any atom is 0.244 e. The molecule has 10 heteroatoms. The molecule has 0 bridgehead atoms. The van der Waals surface area contributed by atoms with Gasteiger partial charge in [-0.1, -0.05) is 12.1 Å². The van der Waals surface area contributed by atoms with Crippen molar-refractivity contribution in [2.75, 3.05) is 25.5 Å². The largest absolute Gasteiger partial charge is 0.497 e. The third-order valence-electron chi connectivity index (χ3n) is 5.75. The quantitative estimate of drug-likeness (QED) is 0.532. The van der Waals surface area contributed by atoms with Gasteiger partial charge in [-0.25, -0.2) is 13.4 Å².